The van der Waals surface area contributed by atoms with E-state index in [4.69, 9.17) is 9.47 Å². The van der Waals surface area contributed by atoms with Crippen LogP contribution in [-0.4, -0.2) is 157 Å². The fourth-order valence-electron chi connectivity index (χ4n) is 5.14. The summed E-state index contributed by atoms with van der Waals surface area (Å²) in [6.07, 6.45) is 0. The van der Waals surface area contributed by atoms with Crippen molar-refractivity contribution in [2.24, 2.45) is 0 Å². The first kappa shape index (κ1) is 21.9. The summed E-state index contributed by atoms with van der Waals surface area (Å²) in [5.41, 5.74) is 0. The molecule has 5 heterocycles. The largest absolute Gasteiger partial charge is 0.379 e. The summed E-state index contributed by atoms with van der Waals surface area (Å²) in [6, 6.07) is -1.51. The highest BCUT2D eigenvalue weighted by Gasteiger charge is 2.55. The van der Waals surface area contributed by atoms with Crippen molar-refractivity contribution in [3.8, 4) is 0 Å². The highest BCUT2D eigenvalue weighted by Crippen LogP contribution is 2.28. The van der Waals surface area contributed by atoms with Gasteiger partial charge in [-0.3, -0.25) is 48.6 Å². The Bertz CT molecular complexity index is 719. The minimum absolute atomic E-state index is 0.107. The molecule has 176 valence electrons. The van der Waals surface area contributed by atoms with Gasteiger partial charge in [0, 0.05) is 39.3 Å². The summed E-state index contributed by atoms with van der Waals surface area (Å²) < 4.78 is 10.7. The summed E-state index contributed by atoms with van der Waals surface area (Å²) in [7, 11) is 0. The number of hydrogen-bond acceptors (Lipinski definition) is 10. The highest BCUT2D eigenvalue weighted by atomic mass is 16.5. The second-order valence-electron chi connectivity index (χ2n) is 8.89. The van der Waals surface area contributed by atoms with E-state index < -0.39 is 12.1 Å². The Kier molecular flexibility index (Phi) is 6.23. The van der Waals surface area contributed by atoms with Gasteiger partial charge in [0.25, 0.3) is 0 Å². The van der Waals surface area contributed by atoms with E-state index in [2.05, 4.69) is 0 Å². The third kappa shape index (κ3) is 4.06. The van der Waals surface area contributed by atoms with Crippen LogP contribution in [-0.2, 0) is 28.7 Å². The van der Waals surface area contributed by atoms with Crippen LogP contribution in [0.2, 0.25) is 0 Å². The average molecular weight is 450 g/mol. The molecule has 0 spiro atoms. The van der Waals surface area contributed by atoms with Crippen molar-refractivity contribution in [1.29, 1.82) is 0 Å². The third-order valence-corrected chi connectivity index (χ3v) is 6.97. The number of morpholine rings is 2. The van der Waals surface area contributed by atoms with Gasteiger partial charge in [-0.15, -0.1) is 0 Å². The number of ether oxygens (including phenoxy) is 2. The van der Waals surface area contributed by atoms with E-state index in [9.17, 15) is 19.2 Å². The molecule has 5 saturated heterocycles. The van der Waals surface area contributed by atoms with Crippen LogP contribution in [0, 0.1) is 0 Å². The molecule has 12 nitrogen and oxygen atoms in total. The topological polar surface area (TPSA) is 106 Å². The van der Waals surface area contributed by atoms with Gasteiger partial charge in [0.15, 0.2) is 0 Å². The summed E-state index contributed by atoms with van der Waals surface area (Å²) in [5.74, 6) is -1.18. The number of piperazine rings is 3. The van der Waals surface area contributed by atoms with Crippen molar-refractivity contribution in [3.63, 3.8) is 0 Å². The van der Waals surface area contributed by atoms with Crippen LogP contribution in [0.4, 0.5) is 0 Å². The van der Waals surface area contributed by atoms with Gasteiger partial charge in [-0.1, -0.05) is 0 Å². The van der Waals surface area contributed by atoms with Gasteiger partial charge >= 0.3 is 0 Å². The Balaban J connectivity index is 1.34. The van der Waals surface area contributed by atoms with Crippen LogP contribution in [0.3, 0.4) is 0 Å². The number of imide groups is 2. The van der Waals surface area contributed by atoms with Crippen LogP contribution < -0.4 is 0 Å². The molecule has 2 atom stereocenters. The zero-order chi connectivity index (χ0) is 22.2. The maximum Gasteiger partial charge on any atom is 0.249 e. The molecular formula is C20H30N6O6. The second kappa shape index (κ2) is 9.12. The molecule has 0 aliphatic carbocycles. The van der Waals surface area contributed by atoms with E-state index in [1.807, 2.05) is 19.6 Å². The predicted octanol–water partition coefficient (Wildman–Crippen LogP) is -3.34. The van der Waals surface area contributed by atoms with Gasteiger partial charge in [-0.2, -0.15) is 0 Å². The molecule has 0 aromatic heterocycles. The normalized spacial score (nSPS) is 31.8. The lowest BCUT2D eigenvalue weighted by molar-refractivity contribution is -0.177. The van der Waals surface area contributed by atoms with E-state index in [-0.39, 0.29) is 50.1 Å². The van der Waals surface area contributed by atoms with Crippen molar-refractivity contribution in [2.75, 3.05) is 92.1 Å². The van der Waals surface area contributed by atoms with Gasteiger partial charge in [0.05, 0.1) is 52.9 Å². The SMILES string of the molecule is O=C1CN2CCN3CC(=O)N(CN4CCOCC4)C(=O)[C@H]3[C@H]2C(=O)N1CN1CCOCC1. The van der Waals surface area contributed by atoms with Crippen molar-refractivity contribution >= 4 is 23.6 Å². The quantitative estimate of drug-likeness (QED) is 0.404. The molecule has 5 fully saturated rings. The van der Waals surface area contributed by atoms with Crippen LogP contribution in [0.5, 0.6) is 0 Å². The van der Waals surface area contributed by atoms with E-state index in [1.54, 1.807) is 0 Å². The Morgan fingerprint density at radius 3 is 1.34 bits per heavy atom. The van der Waals surface area contributed by atoms with Crippen molar-refractivity contribution in [3.05, 3.63) is 0 Å². The highest BCUT2D eigenvalue weighted by molar-refractivity contribution is 6.08. The maximum atomic E-state index is 13.5. The van der Waals surface area contributed by atoms with Crippen LogP contribution >= 0.6 is 0 Å². The van der Waals surface area contributed by atoms with E-state index in [1.165, 1.54) is 9.80 Å². The molecule has 0 N–H and O–H groups in total. The number of fused-ring (bicyclic) bond motifs is 3. The smallest absolute Gasteiger partial charge is 0.249 e. The molecule has 32 heavy (non-hydrogen) atoms. The number of carbonyl (C=O) groups excluding carboxylic acids is 4. The second-order valence-corrected chi connectivity index (χ2v) is 8.89. The lowest BCUT2D eigenvalue weighted by atomic mass is 9.94. The summed E-state index contributed by atoms with van der Waals surface area (Å²) >= 11 is 0. The molecule has 5 rings (SSSR count). The number of rotatable bonds is 4. The lowest BCUT2D eigenvalue weighted by Gasteiger charge is -2.52. The Labute approximate surface area is 186 Å². The summed E-state index contributed by atoms with van der Waals surface area (Å²) in [5, 5.41) is 0. The van der Waals surface area contributed by atoms with Crippen LogP contribution in [0.15, 0.2) is 0 Å². The molecule has 5 aliphatic rings. The fraction of sp³-hybridized carbons (Fsp3) is 0.800. The van der Waals surface area contributed by atoms with Crippen molar-refractivity contribution in [1.82, 2.24) is 29.4 Å². The van der Waals surface area contributed by atoms with E-state index >= 15 is 0 Å². The van der Waals surface area contributed by atoms with Crippen molar-refractivity contribution in [2.45, 2.75) is 12.1 Å². The molecule has 0 aromatic carbocycles. The molecule has 0 unspecified atom stereocenters. The van der Waals surface area contributed by atoms with Crippen LogP contribution in [0.25, 0.3) is 0 Å². The number of amides is 4. The number of carbonyl (C=O) groups is 4. The molecule has 0 saturated carbocycles. The standard InChI is InChI=1S/C20H30N6O6/c27-15-11-23-1-2-24-12-16(28)26(14-22-5-9-32-10-6-22)20(30)18(24)17(23)19(29)25(15)13-21-3-7-31-8-4-21/h17-18H,1-14H2/t17-,18+. The minimum atomic E-state index is -0.754. The van der Waals surface area contributed by atoms with E-state index in [0.717, 1.165) is 0 Å². The van der Waals surface area contributed by atoms with Crippen LogP contribution in [0.1, 0.15) is 0 Å². The van der Waals surface area contributed by atoms with Crippen molar-refractivity contribution < 1.29 is 28.7 Å². The molecule has 0 bridgehead atoms. The number of hydrogen-bond donors (Lipinski definition) is 0. The number of nitrogens with zero attached hydrogens (tertiary/aromatic N) is 6. The maximum absolute atomic E-state index is 13.5. The minimum Gasteiger partial charge on any atom is -0.379 e. The van der Waals surface area contributed by atoms with Gasteiger partial charge in [0.1, 0.15) is 12.1 Å². The third-order valence-electron chi connectivity index (χ3n) is 6.97. The van der Waals surface area contributed by atoms with Gasteiger partial charge in [-0.05, 0) is 0 Å². The molecule has 5 aliphatic heterocycles. The molecule has 0 radical (unpaired) electrons. The Morgan fingerprint density at radius 2 is 0.969 bits per heavy atom. The summed E-state index contributed by atoms with van der Waals surface area (Å²) in [6.45, 7) is 6.49. The first-order valence-corrected chi connectivity index (χ1v) is 11.3. The molecule has 12 heteroatoms. The average Bonchev–Trinajstić information content (AvgIpc) is 2.80. The van der Waals surface area contributed by atoms with Gasteiger partial charge in [0.2, 0.25) is 23.6 Å². The Hall–Kier alpha value is -1.96. The lowest BCUT2D eigenvalue weighted by Crippen LogP contribution is -2.76. The summed E-state index contributed by atoms with van der Waals surface area (Å²) in [4.78, 5) is 62.8. The first-order valence-electron chi connectivity index (χ1n) is 11.3. The van der Waals surface area contributed by atoms with E-state index in [0.29, 0.717) is 65.7 Å². The molecular weight excluding hydrogens is 420 g/mol. The first-order chi connectivity index (χ1) is 15.5. The molecule has 0 aromatic rings. The predicted molar refractivity (Wildman–Crippen MR) is 109 cm³/mol. The molecule has 4 amide bonds. The monoisotopic (exact) mass is 450 g/mol. The Morgan fingerprint density at radius 1 is 0.594 bits per heavy atom. The zero-order valence-corrected chi connectivity index (χ0v) is 18.2. The van der Waals surface area contributed by atoms with Gasteiger partial charge in [-0.25, -0.2) is 0 Å². The zero-order valence-electron chi connectivity index (χ0n) is 18.2. The fourth-order valence-corrected chi connectivity index (χ4v) is 5.14. The van der Waals surface area contributed by atoms with Gasteiger partial charge < -0.3 is 9.47 Å².